The second kappa shape index (κ2) is 5.90. The van der Waals surface area contributed by atoms with Gasteiger partial charge in [0.1, 0.15) is 18.4 Å². The summed E-state index contributed by atoms with van der Waals surface area (Å²) in [6.45, 7) is 1.58. The van der Waals surface area contributed by atoms with Gasteiger partial charge in [0, 0.05) is 18.2 Å². The number of nitriles is 1. The van der Waals surface area contributed by atoms with Crippen LogP contribution in [0.3, 0.4) is 0 Å². The summed E-state index contributed by atoms with van der Waals surface area (Å²) in [7, 11) is 0. The van der Waals surface area contributed by atoms with Gasteiger partial charge in [-0.1, -0.05) is 0 Å². The molecular formula is C12H12IN3O4. The molecule has 0 aliphatic carbocycles. The summed E-state index contributed by atoms with van der Waals surface area (Å²) in [5, 5.41) is 18.6. The number of allylic oxidation sites excluding steroid dienone is 1. The molecule has 1 saturated heterocycles. The van der Waals surface area contributed by atoms with Gasteiger partial charge in [-0.15, -0.1) is 0 Å². The molecule has 3 atom stereocenters. The van der Waals surface area contributed by atoms with E-state index in [4.69, 9.17) is 10.00 Å². The van der Waals surface area contributed by atoms with Gasteiger partial charge >= 0.3 is 5.69 Å². The lowest BCUT2D eigenvalue weighted by Crippen LogP contribution is -2.33. The molecule has 0 spiro atoms. The van der Waals surface area contributed by atoms with E-state index in [1.165, 1.54) is 16.8 Å². The zero-order valence-corrected chi connectivity index (χ0v) is 12.7. The van der Waals surface area contributed by atoms with Crippen molar-refractivity contribution in [3.05, 3.63) is 42.3 Å². The number of H-pyrrole nitrogens is 1. The van der Waals surface area contributed by atoms with Gasteiger partial charge in [-0.25, -0.2) is 4.79 Å². The highest BCUT2D eigenvalue weighted by atomic mass is 127. The maximum absolute atomic E-state index is 11.7. The van der Waals surface area contributed by atoms with Crippen LogP contribution in [0.4, 0.5) is 0 Å². The molecule has 1 aromatic rings. The Balaban J connectivity index is 2.30. The Morgan fingerprint density at radius 2 is 2.40 bits per heavy atom. The summed E-state index contributed by atoms with van der Waals surface area (Å²) in [6.07, 6.45) is 0.997. The van der Waals surface area contributed by atoms with Gasteiger partial charge in [0.2, 0.25) is 0 Å². The van der Waals surface area contributed by atoms with E-state index in [1.54, 1.807) is 6.92 Å². The molecule has 1 fully saturated rings. The number of hydrogen-bond acceptors (Lipinski definition) is 5. The molecule has 0 bridgehead atoms. The molecule has 1 aliphatic heterocycles. The normalized spacial score (nSPS) is 26.5. The van der Waals surface area contributed by atoms with Crippen LogP contribution in [0.25, 0.3) is 0 Å². The largest absolute Gasteiger partial charge is 0.390 e. The molecule has 0 unspecified atom stereocenters. The summed E-state index contributed by atoms with van der Waals surface area (Å²) >= 11 is 1.84. The van der Waals surface area contributed by atoms with Gasteiger partial charge < -0.3 is 9.84 Å². The van der Waals surface area contributed by atoms with Gasteiger partial charge in [-0.05, 0) is 35.6 Å². The van der Waals surface area contributed by atoms with Gasteiger partial charge in [-0.3, -0.25) is 14.3 Å². The molecule has 0 saturated carbocycles. The van der Waals surface area contributed by atoms with E-state index in [9.17, 15) is 14.7 Å². The molecule has 106 valence electrons. The van der Waals surface area contributed by atoms with Crippen molar-refractivity contribution in [2.45, 2.75) is 31.8 Å². The molecule has 2 N–H and O–H groups in total. The molecule has 0 amide bonds. The van der Waals surface area contributed by atoms with Crippen LogP contribution < -0.4 is 11.2 Å². The highest BCUT2D eigenvalue weighted by Crippen LogP contribution is 2.29. The molecular weight excluding hydrogens is 377 g/mol. The number of aromatic nitrogens is 2. The average Bonchev–Trinajstić information content (AvgIpc) is 2.75. The maximum atomic E-state index is 11.7. The molecule has 0 aromatic carbocycles. The van der Waals surface area contributed by atoms with Crippen LogP contribution in [0, 0.1) is 18.3 Å². The van der Waals surface area contributed by atoms with E-state index in [-0.39, 0.29) is 6.42 Å². The average molecular weight is 389 g/mol. The third-order valence-corrected chi connectivity index (χ3v) is 3.61. The Kier molecular flexibility index (Phi) is 4.42. The summed E-state index contributed by atoms with van der Waals surface area (Å²) in [5.41, 5.74) is -0.647. The fourth-order valence-electron chi connectivity index (χ4n) is 1.98. The van der Waals surface area contributed by atoms with E-state index < -0.39 is 29.7 Å². The summed E-state index contributed by atoms with van der Waals surface area (Å²) in [4.78, 5) is 25.2. The standard InChI is InChI=1S/C12H12IN3O4/c1-6-5-16(12(19)15-11(6)18)10-3-8(17)9(20-10)2-7(13)4-14/h2,5,8-10,17H,3H2,1H3,(H,15,18,19)/t8-,9+,10+/m0/s1. The first kappa shape index (κ1) is 15.0. The number of aliphatic hydroxyl groups is 1. The minimum absolute atomic E-state index is 0.210. The van der Waals surface area contributed by atoms with Gasteiger partial charge in [-0.2, -0.15) is 5.26 Å². The lowest BCUT2D eigenvalue weighted by molar-refractivity contribution is 0.00471. The Labute approximate surface area is 127 Å². The Morgan fingerprint density at radius 3 is 3.05 bits per heavy atom. The maximum Gasteiger partial charge on any atom is 0.330 e. The molecule has 2 heterocycles. The lowest BCUT2D eigenvalue weighted by atomic mass is 10.1. The van der Waals surface area contributed by atoms with E-state index in [0.717, 1.165) is 0 Å². The van der Waals surface area contributed by atoms with Crippen molar-refractivity contribution >= 4 is 22.6 Å². The fraction of sp³-hybridized carbons (Fsp3) is 0.417. The summed E-state index contributed by atoms with van der Waals surface area (Å²) in [5.74, 6) is 0. The van der Waals surface area contributed by atoms with Gasteiger partial charge in [0.25, 0.3) is 5.56 Å². The van der Waals surface area contributed by atoms with E-state index in [2.05, 4.69) is 4.98 Å². The molecule has 2 rings (SSSR count). The number of nitrogens with one attached hydrogen (secondary N) is 1. The molecule has 7 nitrogen and oxygen atoms in total. The number of nitrogens with zero attached hydrogens (tertiary/aromatic N) is 2. The topological polar surface area (TPSA) is 108 Å². The van der Waals surface area contributed by atoms with Gasteiger partial charge in [0.15, 0.2) is 0 Å². The third kappa shape index (κ3) is 3.00. The Morgan fingerprint density at radius 1 is 1.70 bits per heavy atom. The number of ether oxygens (including phenoxy) is 1. The number of aryl methyl sites for hydroxylation is 1. The number of aromatic amines is 1. The highest BCUT2D eigenvalue weighted by molar-refractivity contribution is 14.1. The van der Waals surface area contributed by atoms with Crippen LogP contribution in [0.15, 0.2) is 25.4 Å². The van der Waals surface area contributed by atoms with Crippen LogP contribution in [-0.2, 0) is 4.74 Å². The van der Waals surface area contributed by atoms with Crippen LogP contribution in [0.5, 0.6) is 0 Å². The fourth-order valence-corrected chi connectivity index (χ4v) is 2.33. The van der Waals surface area contributed by atoms with Crippen molar-refractivity contribution in [1.29, 1.82) is 5.26 Å². The second-order valence-corrected chi connectivity index (χ2v) is 5.63. The van der Waals surface area contributed by atoms with Crippen molar-refractivity contribution in [3.8, 4) is 6.07 Å². The van der Waals surface area contributed by atoms with E-state index in [0.29, 0.717) is 9.14 Å². The van der Waals surface area contributed by atoms with Crippen molar-refractivity contribution in [2.24, 2.45) is 0 Å². The second-order valence-electron chi connectivity index (χ2n) is 4.46. The first-order chi connectivity index (χ1) is 9.42. The van der Waals surface area contributed by atoms with E-state index in [1.807, 2.05) is 28.7 Å². The first-order valence-electron chi connectivity index (χ1n) is 5.85. The molecule has 0 radical (unpaired) electrons. The number of hydrogen-bond donors (Lipinski definition) is 2. The minimum atomic E-state index is -0.808. The summed E-state index contributed by atoms with van der Waals surface area (Å²) in [6, 6.07) is 1.94. The molecule has 1 aliphatic rings. The predicted molar refractivity (Wildman–Crippen MR) is 78.3 cm³/mol. The third-order valence-electron chi connectivity index (χ3n) is 3.01. The molecule has 8 heteroatoms. The zero-order valence-electron chi connectivity index (χ0n) is 10.5. The number of rotatable bonds is 2. The monoisotopic (exact) mass is 389 g/mol. The zero-order chi connectivity index (χ0) is 14.9. The minimum Gasteiger partial charge on any atom is -0.390 e. The number of halogens is 1. The molecule has 1 aromatic heterocycles. The van der Waals surface area contributed by atoms with Crippen LogP contribution in [0.2, 0.25) is 0 Å². The van der Waals surface area contributed by atoms with Crippen molar-refractivity contribution in [1.82, 2.24) is 9.55 Å². The molecule has 20 heavy (non-hydrogen) atoms. The highest BCUT2D eigenvalue weighted by Gasteiger charge is 2.34. The van der Waals surface area contributed by atoms with Crippen LogP contribution in [-0.4, -0.2) is 26.9 Å². The predicted octanol–water partition coefficient (Wildman–Crippen LogP) is 0.336. The van der Waals surface area contributed by atoms with Crippen molar-refractivity contribution < 1.29 is 9.84 Å². The first-order valence-corrected chi connectivity index (χ1v) is 6.93. The Bertz CT molecular complexity index is 700. The lowest BCUT2D eigenvalue weighted by Gasteiger charge is -2.14. The summed E-state index contributed by atoms with van der Waals surface area (Å²) < 4.78 is 7.21. The van der Waals surface area contributed by atoms with Crippen LogP contribution >= 0.6 is 22.6 Å². The quantitative estimate of drug-likeness (QED) is 0.560. The van der Waals surface area contributed by atoms with Gasteiger partial charge in [0.05, 0.1) is 9.68 Å². The van der Waals surface area contributed by atoms with Crippen molar-refractivity contribution in [2.75, 3.05) is 0 Å². The van der Waals surface area contributed by atoms with Crippen LogP contribution in [0.1, 0.15) is 18.2 Å². The Hall–Kier alpha value is -1.44. The van der Waals surface area contributed by atoms with E-state index >= 15 is 0 Å². The van der Waals surface area contributed by atoms with Crippen molar-refractivity contribution in [3.63, 3.8) is 0 Å². The smallest absolute Gasteiger partial charge is 0.330 e. The SMILES string of the molecule is Cc1cn([C@H]2C[C@H](O)[C@@H](C=C(I)C#N)O2)c(=O)[nH]c1=O. The number of aliphatic hydroxyl groups excluding tert-OH is 1.